The van der Waals surface area contributed by atoms with Crippen molar-refractivity contribution in [1.29, 1.82) is 0 Å². The zero-order valence-electron chi connectivity index (χ0n) is 15.8. The van der Waals surface area contributed by atoms with E-state index in [1.54, 1.807) is 31.2 Å². The molecule has 0 bridgehead atoms. The summed E-state index contributed by atoms with van der Waals surface area (Å²) in [6.07, 6.45) is 1.74. The minimum Gasteiger partial charge on any atom is -0.462 e. The number of carbonyl (C=O) groups is 2. The molecule has 1 aromatic carbocycles. The quantitative estimate of drug-likeness (QED) is 0.442. The van der Waals surface area contributed by atoms with Gasteiger partial charge in [-0.2, -0.15) is 0 Å². The highest BCUT2D eigenvalue weighted by Crippen LogP contribution is 2.35. The van der Waals surface area contributed by atoms with Crippen molar-refractivity contribution in [3.63, 3.8) is 0 Å². The molecular weight excluding hydrogens is 330 g/mol. The number of esters is 1. The third-order valence-corrected chi connectivity index (χ3v) is 4.07. The Morgan fingerprint density at radius 3 is 2.62 bits per heavy atom. The van der Waals surface area contributed by atoms with Crippen molar-refractivity contribution in [2.75, 3.05) is 17.7 Å². The Morgan fingerprint density at radius 1 is 1.27 bits per heavy atom. The molecule has 1 amide bonds. The lowest BCUT2D eigenvalue weighted by Crippen LogP contribution is -2.06. The van der Waals surface area contributed by atoms with Crippen LogP contribution in [0.15, 0.2) is 18.2 Å². The molecule has 0 saturated carbocycles. The summed E-state index contributed by atoms with van der Waals surface area (Å²) in [7, 11) is 0. The molecule has 3 rings (SSSR count). The van der Waals surface area contributed by atoms with Crippen LogP contribution in [0, 0.1) is 13.8 Å². The van der Waals surface area contributed by atoms with Crippen molar-refractivity contribution in [3.05, 3.63) is 46.3 Å². The first kappa shape index (κ1) is 19.3. The molecule has 2 aromatic rings. The van der Waals surface area contributed by atoms with Crippen molar-refractivity contribution in [2.45, 2.75) is 34.6 Å². The SMILES string of the molecule is CC.CCOC(=O)c1c(C)[nH]c(/C=C2\C(=O)Nc3ccc(N)cc32)c1C. The lowest BCUT2D eigenvalue weighted by Gasteiger charge is -2.02. The van der Waals surface area contributed by atoms with E-state index in [1.807, 2.05) is 27.7 Å². The van der Waals surface area contributed by atoms with Crippen LogP contribution in [-0.4, -0.2) is 23.5 Å². The van der Waals surface area contributed by atoms with Gasteiger partial charge in [-0.25, -0.2) is 4.79 Å². The van der Waals surface area contributed by atoms with Gasteiger partial charge in [0, 0.05) is 28.3 Å². The zero-order chi connectivity index (χ0) is 19.4. The number of nitrogens with two attached hydrogens (primary N) is 1. The first-order valence-corrected chi connectivity index (χ1v) is 8.71. The molecule has 0 radical (unpaired) electrons. The van der Waals surface area contributed by atoms with Crippen LogP contribution in [0.25, 0.3) is 11.6 Å². The molecule has 2 heterocycles. The Balaban J connectivity index is 0.00000117. The number of H-pyrrole nitrogens is 1. The summed E-state index contributed by atoms with van der Waals surface area (Å²) >= 11 is 0. The number of fused-ring (bicyclic) bond motifs is 1. The maximum Gasteiger partial charge on any atom is 0.340 e. The maximum atomic E-state index is 12.3. The van der Waals surface area contributed by atoms with Crippen LogP contribution >= 0.6 is 0 Å². The van der Waals surface area contributed by atoms with E-state index in [9.17, 15) is 9.59 Å². The molecule has 6 nitrogen and oxygen atoms in total. The Labute approximate surface area is 153 Å². The van der Waals surface area contributed by atoms with E-state index in [1.165, 1.54) is 0 Å². The van der Waals surface area contributed by atoms with Gasteiger partial charge in [-0.3, -0.25) is 4.79 Å². The number of amides is 1. The number of carbonyl (C=O) groups excluding carboxylic acids is 2. The molecule has 1 aromatic heterocycles. The van der Waals surface area contributed by atoms with Crippen LogP contribution in [0.5, 0.6) is 0 Å². The fourth-order valence-corrected chi connectivity index (χ4v) is 2.92. The summed E-state index contributed by atoms with van der Waals surface area (Å²) < 4.78 is 5.09. The molecule has 6 heteroatoms. The van der Waals surface area contributed by atoms with Gasteiger partial charge in [-0.15, -0.1) is 0 Å². The van der Waals surface area contributed by atoms with Crippen LogP contribution in [0.3, 0.4) is 0 Å². The van der Waals surface area contributed by atoms with Crippen molar-refractivity contribution >= 4 is 34.9 Å². The molecule has 0 fully saturated rings. The number of nitrogens with one attached hydrogen (secondary N) is 2. The first-order valence-electron chi connectivity index (χ1n) is 8.71. The van der Waals surface area contributed by atoms with Crippen molar-refractivity contribution in [1.82, 2.24) is 4.98 Å². The number of ether oxygens (including phenoxy) is 1. The highest BCUT2D eigenvalue weighted by molar-refractivity contribution is 6.35. The highest BCUT2D eigenvalue weighted by Gasteiger charge is 2.26. The molecular formula is C20H25N3O3. The summed E-state index contributed by atoms with van der Waals surface area (Å²) in [4.78, 5) is 27.5. The number of hydrogen-bond acceptors (Lipinski definition) is 4. The minimum atomic E-state index is -0.367. The topological polar surface area (TPSA) is 97.2 Å². The van der Waals surface area contributed by atoms with Crippen LogP contribution in [-0.2, 0) is 9.53 Å². The average molecular weight is 355 g/mol. The Kier molecular flexibility index (Phi) is 5.87. The van der Waals surface area contributed by atoms with Crippen LogP contribution in [0.2, 0.25) is 0 Å². The van der Waals surface area contributed by atoms with E-state index in [2.05, 4.69) is 10.3 Å². The van der Waals surface area contributed by atoms with Gasteiger partial charge in [0.1, 0.15) is 0 Å². The number of aromatic amines is 1. The molecule has 1 aliphatic heterocycles. The third-order valence-electron chi connectivity index (χ3n) is 4.07. The summed E-state index contributed by atoms with van der Waals surface area (Å²) in [6, 6.07) is 5.28. The monoisotopic (exact) mass is 355 g/mol. The molecule has 4 N–H and O–H groups in total. The second-order valence-electron chi connectivity index (χ2n) is 5.70. The van der Waals surface area contributed by atoms with Crippen LogP contribution in [0.1, 0.15) is 53.6 Å². The Hall–Kier alpha value is -3.02. The fourth-order valence-electron chi connectivity index (χ4n) is 2.92. The second-order valence-corrected chi connectivity index (χ2v) is 5.70. The molecule has 0 aliphatic carbocycles. The molecule has 26 heavy (non-hydrogen) atoms. The number of nitrogen functional groups attached to an aromatic ring is 1. The van der Waals surface area contributed by atoms with Gasteiger partial charge in [0.05, 0.1) is 17.7 Å². The fraction of sp³-hybridized carbons (Fsp3) is 0.300. The number of aromatic nitrogens is 1. The van der Waals surface area contributed by atoms with Crippen molar-refractivity contribution < 1.29 is 14.3 Å². The number of hydrogen-bond donors (Lipinski definition) is 3. The highest BCUT2D eigenvalue weighted by atomic mass is 16.5. The van der Waals surface area contributed by atoms with Crippen LogP contribution in [0.4, 0.5) is 11.4 Å². The van der Waals surface area contributed by atoms with E-state index in [0.29, 0.717) is 34.8 Å². The number of rotatable bonds is 3. The lowest BCUT2D eigenvalue weighted by atomic mass is 10.0. The van der Waals surface area contributed by atoms with Gasteiger partial charge >= 0.3 is 5.97 Å². The average Bonchev–Trinajstić information content (AvgIpc) is 3.06. The van der Waals surface area contributed by atoms with Gasteiger partial charge in [-0.05, 0) is 50.6 Å². The Morgan fingerprint density at radius 2 is 1.96 bits per heavy atom. The Bertz CT molecular complexity index is 879. The number of aryl methyl sites for hydroxylation is 1. The first-order chi connectivity index (χ1) is 12.4. The molecule has 0 unspecified atom stereocenters. The summed E-state index contributed by atoms with van der Waals surface area (Å²) in [5.74, 6) is -0.561. The van der Waals surface area contributed by atoms with Crippen molar-refractivity contribution in [2.24, 2.45) is 0 Å². The summed E-state index contributed by atoms with van der Waals surface area (Å²) in [6.45, 7) is 9.72. The second kappa shape index (κ2) is 7.91. The third kappa shape index (κ3) is 3.49. The number of anilines is 2. The molecule has 0 atom stereocenters. The largest absolute Gasteiger partial charge is 0.462 e. The van der Waals surface area contributed by atoms with Gasteiger partial charge in [-0.1, -0.05) is 13.8 Å². The van der Waals surface area contributed by atoms with E-state index < -0.39 is 0 Å². The minimum absolute atomic E-state index is 0.195. The zero-order valence-corrected chi connectivity index (χ0v) is 15.8. The lowest BCUT2D eigenvalue weighted by molar-refractivity contribution is -0.110. The van der Waals surface area contributed by atoms with E-state index in [4.69, 9.17) is 10.5 Å². The van der Waals surface area contributed by atoms with E-state index in [0.717, 1.165) is 16.8 Å². The summed E-state index contributed by atoms with van der Waals surface area (Å²) in [5, 5.41) is 2.81. The standard InChI is InChI=1S/C18H19N3O3.C2H6/c1-4-24-18(23)16-9(2)15(20-10(16)3)8-13-12-7-11(19)5-6-14(12)21-17(13)22;1-2/h5-8,20H,4,19H2,1-3H3,(H,21,22);1-2H3/b13-8-;. The smallest absolute Gasteiger partial charge is 0.340 e. The normalized spacial score (nSPS) is 13.7. The van der Waals surface area contributed by atoms with Crippen molar-refractivity contribution in [3.8, 4) is 0 Å². The maximum absolute atomic E-state index is 12.3. The van der Waals surface area contributed by atoms with E-state index >= 15 is 0 Å². The van der Waals surface area contributed by atoms with Crippen LogP contribution < -0.4 is 11.1 Å². The van der Waals surface area contributed by atoms with Gasteiger partial charge < -0.3 is 20.8 Å². The van der Waals surface area contributed by atoms with Gasteiger partial charge in [0.25, 0.3) is 5.91 Å². The van der Waals surface area contributed by atoms with Gasteiger partial charge in [0.2, 0.25) is 0 Å². The summed E-state index contributed by atoms with van der Waals surface area (Å²) in [5.41, 5.74) is 11.1. The number of benzene rings is 1. The predicted molar refractivity (Wildman–Crippen MR) is 105 cm³/mol. The van der Waals surface area contributed by atoms with Gasteiger partial charge in [0.15, 0.2) is 0 Å². The molecule has 0 saturated heterocycles. The molecule has 138 valence electrons. The van der Waals surface area contributed by atoms with E-state index in [-0.39, 0.29) is 11.9 Å². The predicted octanol–water partition coefficient (Wildman–Crippen LogP) is 3.91. The molecule has 1 aliphatic rings. The molecule has 0 spiro atoms.